The molecule has 0 saturated carbocycles. The molecule has 0 aromatic rings. The first-order valence-corrected chi connectivity index (χ1v) is 4.03. The van der Waals surface area contributed by atoms with Gasteiger partial charge in [0.1, 0.15) is 0 Å². The fourth-order valence-corrected chi connectivity index (χ4v) is 0.325. The second-order valence-corrected chi connectivity index (χ2v) is 3.65. The number of hydrogen-bond donors (Lipinski definition) is 5. The maximum Gasteiger partial charge on any atom is 0.633 e. The molecule has 0 radical (unpaired) electrons. The standard InChI is InChI=1S/C5H13BO3.C2H6O2.H3N/c1-5(2,3)4-9-6(7)8;3-1-2-4;/h7-8H,4H2,1-3H3;3-4H,1-2H2;1H3. The molecule has 7 heteroatoms. The van der Waals surface area contributed by atoms with E-state index in [0.717, 1.165) is 0 Å². The molecule has 0 aromatic heterocycles. The van der Waals surface area contributed by atoms with Crippen molar-refractivity contribution in [3.8, 4) is 0 Å². The molecule has 0 aromatic carbocycles. The molecule has 0 atom stereocenters. The Balaban J connectivity index is -0.000000209. The van der Waals surface area contributed by atoms with Gasteiger partial charge in [-0.1, -0.05) is 20.8 Å². The molecular formula is C7H22BNO5. The Hall–Kier alpha value is -0.175. The third kappa shape index (κ3) is 29.7. The number of aliphatic hydroxyl groups is 2. The van der Waals surface area contributed by atoms with Crippen LogP contribution in [0.25, 0.3) is 0 Å². The third-order valence-electron chi connectivity index (χ3n) is 0.765. The minimum atomic E-state index is -1.63. The van der Waals surface area contributed by atoms with Gasteiger partial charge in [0.15, 0.2) is 0 Å². The van der Waals surface area contributed by atoms with Crippen LogP contribution in [0.3, 0.4) is 0 Å². The Morgan fingerprint density at radius 1 is 1.07 bits per heavy atom. The van der Waals surface area contributed by atoms with Crippen molar-refractivity contribution in [3.63, 3.8) is 0 Å². The lowest BCUT2D eigenvalue weighted by Gasteiger charge is -2.17. The average Bonchev–Trinajstić information content (AvgIpc) is 2.00. The van der Waals surface area contributed by atoms with Crippen molar-refractivity contribution < 1.29 is 24.9 Å². The molecule has 0 aliphatic rings. The lowest BCUT2D eigenvalue weighted by atomic mass is 9.98. The fourth-order valence-electron chi connectivity index (χ4n) is 0.325. The van der Waals surface area contributed by atoms with Crippen LogP contribution < -0.4 is 6.15 Å². The van der Waals surface area contributed by atoms with Gasteiger partial charge in [-0.2, -0.15) is 0 Å². The molecule has 0 amide bonds. The van der Waals surface area contributed by atoms with Crippen molar-refractivity contribution >= 4 is 7.32 Å². The molecule has 0 aliphatic heterocycles. The molecule has 0 bridgehead atoms. The number of aliphatic hydroxyl groups excluding tert-OH is 2. The summed E-state index contributed by atoms with van der Waals surface area (Å²) in [7, 11) is -1.63. The van der Waals surface area contributed by atoms with Gasteiger partial charge in [-0.25, -0.2) is 0 Å². The van der Waals surface area contributed by atoms with E-state index in [-0.39, 0.29) is 24.8 Å². The highest BCUT2D eigenvalue weighted by Gasteiger charge is 2.15. The van der Waals surface area contributed by atoms with Gasteiger partial charge in [0.25, 0.3) is 0 Å². The van der Waals surface area contributed by atoms with E-state index in [1.165, 1.54) is 0 Å². The van der Waals surface area contributed by atoms with Gasteiger partial charge in [-0.3, -0.25) is 0 Å². The van der Waals surface area contributed by atoms with Gasteiger partial charge in [0.05, 0.1) is 13.2 Å². The first-order chi connectivity index (χ1) is 5.83. The molecule has 6 nitrogen and oxygen atoms in total. The van der Waals surface area contributed by atoms with Gasteiger partial charge in [0, 0.05) is 6.61 Å². The summed E-state index contributed by atoms with van der Waals surface area (Å²) in [4.78, 5) is 0. The molecule has 0 fully saturated rings. The smallest absolute Gasteiger partial charge is 0.402 e. The van der Waals surface area contributed by atoms with Crippen molar-refractivity contribution in [1.82, 2.24) is 6.15 Å². The van der Waals surface area contributed by atoms with Crippen LogP contribution in [0, 0.1) is 5.41 Å². The Bertz CT molecular complexity index is 105. The lowest BCUT2D eigenvalue weighted by Crippen LogP contribution is -2.24. The number of hydrogen-bond acceptors (Lipinski definition) is 6. The van der Waals surface area contributed by atoms with E-state index in [1.54, 1.807) is 0 Å². The van der Waals surface area contributed by atoms with Crippen molar-refractivity contribution in [2.45, 2.75) is 20.8 Å². The van der Waals surface area contributed by atoms with Crippen LogP contribution in [0.5, 0.6) is 0 Å². The minimum absolute atomic E-state index is 0. The highest BCUT2D eigenvalue weighted by atomic mass is 16.6. The normalized spacial score (nSPS) is 9.64. The molecule has 0 rings (SSSR count). The van der Waals surface area contributed by atoms with Crippen molar-refractivity contribution in [3.05, 3.63) is 0 Å². The molecule has 0 unspecified atom stereocenters. The van der Waals surface area contributed by atoms with E-state index in [0.29, 0.717) is 6.61 Å². The van der Waals surface area contributed by atoms with E-state index < -0.39 is 7.32 Å². The van der Waals surface area contributed by atoms with Crippen molar-refractivity contribution in [1.29, 1.82) is 0 Å². The SMILES string of the molecule is CC(C)(C)COB(O)O.N.OCCO. The summed E-state index contributed by atoms with van der Waals surface area (Å²) in [6, 6.07) is 0. The zero-order valence-corrected chi connectivity index (χ0v) is 9.10. The summed E-state index contributed by atoms with van der Waals surface area (Å²) < 4.78 is 4.52. The van der Waals surface area contributed by atoms with Gasteiger partial charge in [-0.05, 0) is 5.41 Å². The molecule has 0 spiro atoms. The maximum atomic E-state index is 8.25. The largest absolute Gasteiger partial charge is 0.633 e. The summed E-state index contributed by atoms with van der Waals surface area (Å²) in [6.45, 7) is 5.96. The molecule has 0 heterocycles. The fraction of sp³-hybridized carbons (Fsp3) is 1.00. The van der Waals surface area contributed by atoms with Crippen LogP contribution in [0.2, 0.25) is 0 Å². The molecule has 0 aliphatic carbocycles. The van der Waals surface area contributed by atoms with E-state index in [4.69, 9.17) is 20.3 Å². The summed E-state index contributed by atoms with van der Waals surface area (Å²) in [5.74, 6) is 0. The lowest BCUT2D eigenvalue weighted by molar-refractivity contribution is 0.126. The van der Waals surface area contributed by atoms with Crippen LogP contribution >= 0.6 is 0 Å². The Labute approximate surface area is 85.3 Å². The third-order valence-corrected chi connectivity index (χ3v) is 0.765. The van der Waals surface area contributed by atoms with Gasteiger partial charge >= 0.3 is 7.32 Å². The molecule has 0 saturated heterocycles. The highest BCUT2D eigenvalue weighted by Crippen LogP contribution is 2.12. The Morgan fingerprint density at radius 2 is 1.43 bits per heavy atom. The van der Waals surface area contributed by atoms with Gasteiger partial charge in [0.2, 0.25) is 0 Å². The molecule has 88 valence electrons. The first-order valence-electron chi connectivity index (χ1n) is 4.03. The van der Waals surface area contributed by atoms with E-state index in [1.807, 2.05) is 20.8 Å². The quantitative estimate of drug-likeness (QED) is 0.387. The van der Waals surface area contributed by atoms with Crippen molar-refractivity contribution in [2.75, 3.05) is 19.8 Å². The van der Waals surface area contributed by atoms with Crippen LogP contribution in [0.1, 0.15) is 20.8 Å². The van der Waals surface area contributed by atoms with Gasteiger partial charge in [-0.15, -0.1) is 0 Å². The summed E-state index contributed by atoms with van der Waals surface area (Å²) >= 11 is 0. The van der Waals surface area contributed by atoms with Gasteiger partial charge < -0.3 is 31.1 Å². The highest BCUT2D eigenvalue weighted by molar-refractivity contribution is 6.32. The van der Waals surface area contributed by atoms with Crippen LogP contribution in [0.4, 0.5) is 0 Å². The molecule has 14 heavy (non-hydrogen) atoms. The monoisotopic (exact) mass is 211 g/mol. The second kappa shape index (κ2) is 10.9. The summed E-state index contributed by atoms with van der Waals surface area (Å²) in [5, 5.41) is 31.7. The minimum Gasteiger partial charge on any atom is -0.402 e. The van der Waals surface area contributed by atoms with E-state index >= 15 is 0 Å². The summed E-state index contributed by atoms with van der Waals surface area (Å²) in [6.07, 6.45) is 0. The average molecular weight is 211 g/mol. The predicted molar refractivity (Wildman–Crippen MR) is 54.8 cm³/mol. The Morgan fingerprint density at radius 3 is 1.50 bits per heavy atom. The summed E-state index contributed by atoms with van der Waals surface area (Å²) in [5.41, 5.74) is -0.0102. The first kappa shape index (κ1) is 19.4. The predicted octanol–water partition coefficient (Wildman–Crippen LogP) is -0.848. The molecular weight excluding hydrogens is 189 g/mol. The van der Waals surface area contributed by atoms with Crippen LogP contribution in [-0.4, -0.2) is 47.4 Å². The zero-order chi connectivity index (χ0) is 10.9. The zero-order valence-electron chi connectivity index (χ0n) is 9.10. The van der Waals surface area contributed by atoms with E-state index in [9.17, 15) is 0 Å². The van der Waals surface area contributed by atoms with Crippen LogP contribution in [-0.2, 0) is 4.65 Å². The topological polar surface area (TPSA) is 125 Å². The number of rotatable bonds is 3. The maximum absolute atomic E-state index is 8.25. The van der Waals surface area contributed by atoms with Crippen molar-refractivity contribution in [2.24, 2.45) is 5.41 Å². The van der Waals surface area contributed by atoms with E-state index in [2.05, 4.69) is 4.65 Å². The molecule has 7 N–H and O–H groups in total. The Kier molecular flexibility index (Phi) is 15.1. The van der Waals surface area contributed by atoms with Crippen LogP contribution in [0.15, 0.2) is 0 Å². The second-order valence-electron chi connectivity index (χ2n) is 3.65.